The van der Waals surface area contributed by atoms with E-state index in [4.69, 9.17) is 0 Å². The second kappa shape index (κ2) is 6.46. The monoisotopic (exact) mass is 254 g/mol. The third kappa shape index (κ3) is 2.85. The van der Waals surface area contributed by atoms with Crippen LogP contribution in [0.2, 0.25) is 0 Å². The van der Waals surface area contributed by atoms with Crippen molar-refractivity contribution in [1.29, 1.82) is 0 Å². The Hall–Kier alpha value is -1.47. The van der Waals surface area contributed by atoms with Gasteiger partial charge in [-0.25, -0.2) is 0 Å². The van der Waals surface area contributed by atoms with E-state index in [0.717, 1.165) is 0 Å². The lowest BCUT2D eigenvalue weighted by molar-refractivity contribution is 0.906. The molecule has 0 amide bonds. The van der Waals surface area contributed by atoms with E-state index in [1.807, 2.05) is 6.08 Å². The fourth-order valence-corrected chi connectivity index (χ4v) is 2.82. The van der Waals surface area contributed by atoms with Gasteiger partial charge in [-0.05, 0) is 22.8 Å². The average Bonchev–Trinajstić information content (AvgIpc) is 3.05. The lowest BCUT2D eigenvalue weighted by atomic mass is 9.86. The van der Waals surface area contributed by atoms with Crippen molar-refractivity contribution in [3.8, 4) is 0 Å². The van der Waals surface area contributed by atoms with Gasteiger partial charge in [-0.1, -0.05) is 67.3 Å². The topological polar surface area (TPSA) is 0 Å². The van der Waals surface area contributed by atoms with Crippen LogP contribution in [-0.4, -0.2) is 6.26 Å². The number of allylic oxidation sites excluding steroid dienone is 12. The van der Waals surface area contributed by atoms with Crippen molar-refractivity contribution in [2.75, 3.05) is 6.26 Å². The van der Waals surface area contributed by atoms with Crippen LogP contribution in [-0.2, 0) is 0 Å². The summed E-state index contributed by atoms with van der Waals surface area (Å²) < 4.78 is 0. The summed E-state index contributed by atoms with van der Waals surface area (Å²) in [5.74, 6) is 0.773. The Kier molecular flexibility index (Phi) is 4.66. The van der Waals surface area contributed by atoms with Gasteiger partial charge in [0.25, 0.3) is 0 Å². The van der Waals surface area contributed by atoms with Gasteiger partial charge in [0.05, 0.1) is 0 Å². The van der Waals surface area contributed by atoms with E-state index in [2.05, 4.69) is 72.9 Å². The van der Waals surface area contributed by atoms with Gasteiger partial charge < -0.3 is 0 Å². The smallest absolute Gasteiger partial charge is 0.0213 e. The molecule has 0 atom stereocenters. The first-order valence-corrected chi connectivity index (χ1v) is 7.41. The molecule has 0 nitrogen and oxygen atoms in total. The molecule has 0 spiro atoms. The highest BCUT2D eigenvalue weighted by atomic mass is 32.2. The van der Waals surface area contributed by atoms with Crippen LogP contribution < -0.4 is 0 Å². The SMILES string of the molecule is C=C/C=C(\C(=C\SC)C1C=CC=C1)C1C=CC=C1. The largest absolute Gasteiger partial charge is 0.137 e. The minimum atomic E-state index is 0.379. The molecular weight excluding hydrogens is 236 g/mol. The Bertz CT molecular complexity index is 460. The highest BCUT2D eigenvalue weighted by Crippen LogP contribution is 2.34. The van der Waals surface area contributed by atoms with E-state index in [0.29, 0.717) is 11.8 Å². The molecule has 0 heterocycles. The third-order valence-electron chi connectivity index (χ3n) is 3.09. The standard InChI is InChI=1S/C17H18S/c1-3-8-16(14-9-4-5-10-14)17(13-18-2)15-11-6-7-12-15/h3-15H,1H2,2H3/b16-8-,17-13+. The molecule has 0 aromatic rings. The highest BCUT2D eigenvalue weighted by molar-refractivity contribution is 8.01. The Labute approximate surface area is 114 Å². The zero-order valence-corrected chi connectivity index (χ0v) is 11.4. The molecule has 2 aliphatic carbocycles. The first-order chi connectivity index (χ1) is 8.86. The van der Waals surface area contributed by atoms with Crippen LogP contribution in [0.25, 0.3) is 0 Å². The summed E-state index contributed by atoms with van der Waals surface area (Å²) >= 11 is 1.76. The summed E-state index contributed by atoms with van der Waals surface area (Å²) in [7, 11) is 0. The van der Waals surface area contributed by atoms with E-state index in [1.54, 1.807) is 11.8 Å². The molecule has 2 aliphatic rings. The van der Waals surface area contributed by atoms with Gasteiger partial charge in [-0.3, -0.25) is 0 Å². The molecule has 0 aromatic carbocycles. The molecule has 0 aliphatic heterocycles. The number of hydrogen-bond acceptors (Lipinski definition) is 1. The molecule has 0 aromatic heterocycles. The molecular formula is C17H18S. The van der Waals surface area contributed by atoms with Crippen molar-refractivity contribution in [2.45, 2.75) is 0 Å². The molecule has 0 unspecified atom stereocenters. The van der Waals surface area contributed by atoms with E-state index in [-0.39, 0.29) is 0 Å². The summed E-state index contributed by atoms with van der Waals surface area (Å²) in [6, 6.07) is 0. The summed E-state index contributed by atoms with van der Waals surface area (Å²) in [5.41, 5.74) is 2.71. The Morgan fingerprint density at radius 1 is 0.944 bits per heavy atom. The number of hydrogen-bond donors (Lipinski definition) is 0. The lowest BCUT2D eigenvalue weighted by Gasteiger charge is -2.19. The zero-order valence-electron chi connectivity index (χ0n) is 10.6. The number of thioether (sulfide) groups is 1. The Balaban J connectivity index is 2.34. The fourth-order valence-electron chi connectivity index (χ4n) is 2.27. The fraction of sp³-hybridized carbons (Fsp3) is 0.176. The van der Waals surface area contributed by atoms with Crippen LogP contribution in [0.5, 0.6) is 0 Å². The van der Waals surface area contributed by atoms with Gasteiger partial charge >= 0.3 is 0 Å². The van der Waals surface area contributed by atoms with Gasteiger partial charge in [0, 0.05) is 11.8 Å². The zero-order chi connectivity index (χ0) is 12.8. The van der Waals surface area contributed by atoms with E-state index in [9.17, 15) is 0 Å². The van der Waals surface area contributed by atoms with Crippen molar-refractivity contribution < 1.29 is 0 Å². The molecule has 1 heteroatoms. The summed E-state index contributed by atoms with van der Waals surface area (Å²) in [6.07, 6.45) is 23.5. The van der Waals surface area contributed by atoms with Crippen LogP contribution in [0.15, 0.2) is 83.9 Å². The summed E-state index contributed by atoms with van der Waals surface area (Å²) in [6.45, 7) is 3.85. The maximum Gasteiger partial charge on any atom is 0.0213 e. The molecule has 0 bridgehead atoms. The van der Waals surface area contributed by atoms with Crippen LogP contribution in [0.4, 0.5) is 0 Å². The molecule has 0 saturated heterocycles. The van der Waals surface area contributed by atoms with E-state index < -0.39 is 0 Å². The molecule has 0 radical (unpaired) electrons. The van der Waals surface area contributed by atoms with Crippen molar-refractivity contribution in [1.82, 2.24) is 0 Å². The minimum absolute atomic E-state index is 0.379. The maximum atomic E-state index is 3.85. The predicted octanol–water partition coefficient (Wildman–Crippen LogP) is 4.83. The van der Waals surface area contributed by atoms with Crippen LogP contribution >= 0.6 is 11.8 Å². The van der Waals surface area contributed by atoms with Crippen molar-refractivity contribution in [3.63, 3.8) is 0 Å². The van der Waals surface area contributed by atoms with Crippen molar-refractivity contribution in [3.05, 3.63) is 83.9 Å². The number of rotatable bonds is 5. The van der Waals surface area contributed by atoms with Gasteiger partial charge in [0.2, 0.25) is 0 Å². The maximum absolute atomic E-state index is 3.85. The molecule has 92 valence electrons. The molecule has 0 saturated carbocycles. The van der Waals surface area contributed by atoms with E-state index in [1.165, 1.54) is 11.1 Å². The average molecular weight is 254 g/mol. The minimum Gasteiger partial charge on any atom is -0.137 e. The molecule has 0 fully saturated rings. The molecule has 0 N–H and O–H groups in total. The van der Waals surface area contributed by atoms with Crippen LogP contribution in [0, 0.1) is 11.8 Å². The highest BCUT2D eigenvalue weighted by Gasteiger charge is 2.19. The first-order valence-electron chi connectivity index (χ1n) is 6.12. The normalized spacial score (nSPS) is 20.3. The third-order valence-corrected chi connectivity index (χ3v) is 3.58. The Morgan fingerprint density at radius 2 is 1.44 bits per heavy atom. The molecule has 18 heavy (non-hydrogen) atoms. The van der Waals surface area contributed by atoms with Crippen LogP contribution in [0.3, 0.4) is 0 Å². The van der Waals surface area contributed by atoms with Gasteiger partial charge in [0.15, 0.2) is 0 Å². The first kappa shape index (κ1) is 13.0. The van der Waals surface area contributed by atoms with Crippen molar-refractivity contribution >= 4 is 11.8 Å². The van der Waals surface area contributed by atoms with Gasteiger partial charge in [0.1, 0.15) is 0 Å². The second-order valence-corrected chi connectivity index (χ2v) is 4.96. The lowest BCUT2D eigenvalue weighted by Crippen LogP contribution is -2.06. The predicted molar refractivity (Wildman–Crippen MR) is 83.4 cm³/mol. The quantitative estimate of drug-likeness (QED) is 0.633. The summed E-state index contributed by atoms with van der Waals surface area (Å²) in [4.78, 5) is 0. The Morgan fingerprint density at radius 3 is 1.89 bits per heavy atom. The summed E-state index contributed by atoms with van der Waals surface area (Å²) in [5, 5.41) is 2.25. The van der Waals surface area contributed by atoms with Crippen molar-refractivity contribution in [2.24, 2.45) is 11.8 Å². The molecule has 2 rings (SSSR count). The van der Waals surface area contributed by atoms with E-state index >= 15 is 0 Å². The van der Waals surface area contributed by atoms with Crippen LogP contribution in [0.1, 0.15) is 0 Å². The van der Waals surface area contributed by atoms with Gasteiger partial charge in [-0.15, -0.1) is 11.8 Å². The van der Waals surface area contributed by atoms with Gasteiger partial charge in [-0.2, -0.15) is 0 Å². The second-order valence-electron chi connectivity index (χ2n) is 4.26.